The Labute approximate surface area is 89.0 Å². The van der Waals surface area contributed by atoms with Crippen molar-refractivity contribution < 1.29 is 23.8 Å². The van der Waals surface area contributed by atoms with Gasteiger partial charge in [0.1, 0.15) is 0 Å². The van der Waals surface area contributed by atoms with E-state index in [0.717, 1.165) is 12.2 Å². The number of rotatable bonds is 6. The number of hydrogen-bond donors (Lipinski definition) is 0. The van der Waals surface area contributed by atoms with E-state index in [2.05, 4.69) is 4.74 Å². The first kappa shape index (κ1) is 13.6. The number of carbonyl (C=O) groups excluding carboxylic acids is 2. The third-order valence-corrected chi connectivity index (χ3v) is 1.33. The van der Waals surface area contributed by atoms with E-state index in [1.807, 2.05) is 0 Å². The van der Waals surface area contributed by atoms with Gasteiger partial charge in [0, 0.05) is 18.8 Å². The number of esters is 2. The maximum Gasteiger partial charge on any atom is 0.333 e. The average molecular weight is 216 g/mol. The highest BCUT2D eigenvalue weighted by molar-refractivity contribution is 5.91. The fraction of sp³-hybridized carbons (Fsp3) is 0.600. The lowest BCUT2D eigenvalue weighted by atomic mass is 10.5. The summed E-state index contributed by atoms with van der Waals surface area (Å²) in [7, 11) is 0. The quantitative estimate of drug-likeness (QED) is 0.377. The van der Waals surface area contributed by atoms with Gasteiger partial charge in [0.05, 0.1) is 6.61 Å². The zero-order valence-electron chi connectivity index (χ0n) is 9.19. The Morgan fingerprint density at radius 2 is 1.73 bits per heavy atom. The highest BCUT2D eigenvalue weighted by Gasteiger charge is 2.06. The molecule has 0 spiro atoms. The molecule has 1 atom stereocenters. The minimum absolute atomic E-state index is 0.271. The molecule has 0 fully saturated rings. The molecule has 0 rings (SSSR count). The van der Waals surface area contributed by atoms with Gasteiger partial charge in [-0.05, 0) is 20.8 Å². The molecule has 0 aromatic heterocycles. The van der Waals surface area contributed by atoms with Gasteiger partial charge in [0.25, 0.3) is 0 Å². The smallest absolute Gasteiger partial charge is 0.333 e. The molecule has 1 unspecified atom stereocenters. The molecule has 0 aliphatic rings. The molecule has 0 aromatic rings. The van der Waals surface area contributed by atoms with Crippen LogP contribution in [0.15, 0.2) is 12.2 Å². The molecule has 0 N–H and O–H groups in total. The first-order chi connectivity index (χ1) is 7.10. The Morgan fingerprint density at radius 1 is 1.13 bits per heavy atom. The second-order valence-corrected chi connectivity index (χ2v) is 2.55. The maximum atomic E-state index is 11.0. The van der Waals surface area contributed by atoms with Gasteiger partial charge in [-0.2, -0.15) is 0 Å². The predicted octanol–water partition coefficient (Wildman–Crippen LogP) is 1.03. The summed E-state index contributed by atoms with van der Waals surface area (Å²) >= 11 is 0. The van der Waals surface area contributed by atoms with Crippen LogP contribution in [0.2, 0.25) is 0 Å². The van der Waals surface area contributed by atoms with Crippen LogP contribution in [0.25, 0.3) is 0 Å². The SMILES string of the molecule is CCOC(=O)/C=C/C(=O)OC(C)OCC. The van der Waals surface area contributed by atoms with E-state index in [1.54, 1.807) is 20.8 Å². The molecule has 5 nitrogen and oxygen atoms in total. The predicted molar refractivity (Wildman–Crippen MR) is 53.0 cm³/mol. The third-order valence-electron chi connectivity index (χ3n) is 1.33. The number of hydrogen-bond acceptors (Lipinski definition) is 5. The molecule has 15 heavy (non-hydrogen) atoms. The second-order valence-electron chi connectivity index (χ2n) is 2.55. The average Bonchev–Trinajstić information content (AvgIpc) is 2.15. The summed E-state index contributed by atoms with van der Waals surface area (Å²) in [5, 5.41) is 0. The second kappa shape index (κ2) is 7.99. The molecule has 0 saturated heterocycles. The maximum absolute atomic E-state index is 11.0. The Bertz CT molecular complexity index is 234. The zero-order chi connectivity index (χ0) is 11.7. The van der Waals surface area contributed by atoms with Gasteiger partial charge in [-0.1, -0.05) is 0 Å². The van der Waals surface area contributed by atoms with Gasteiger partial charge in [0.15, 0.2) is 6.29 Å². The van der Waals surface area contributed by atoms with Crippen molar-refractivity contribution in [2.45, 2.75) is 27.1 Å². The number of ether oxygens (including phenoxy) is 3. The Hall–Kier alpha value is -1.36. The Kier molecular flexibility index (Phi) is 7.27. The van der Waals surface area contributed by atoms with E-state index in [4.69, 9.17) is 9.47 Å². The fourth-order valence-electron chi connectivity index (χ4n) is 0.798. The minimum Gasteiger partial charge on any atom is -0.463 e. The summed E-state index contributed by atoms with van der Waals surface area (Å²) in [6.07, 6.45) is 1.41. The molecule has 0 aromatic carbocycles. The Balaban J connectivity index is 3.87. The normalized spacial score (nSPS) is 12.5. The summed E-state index contributed by atoms with van der Waals surface area (Å²) in [4.78, 5) is 21.9. The van der Waals surface area contributed by atoms with Crippen LogP contribution in [0.4, 0.5) is 0 Å². The van der Waals surface area contributed by atoms with Crippen molar-refractivity contribution in [2.75, 3.05) is 13.2 Å². The standard InChI is InChI=1S/C10H16O5/c1-4-13-8(3)15-10(12)7-6-9(11)14-5-2/h6-8H,4-5H2,1-3H3/b7-6+. The van der Waals surface area contributed by atoms with Crippen LogP contribution in [-0.2, 0) is 23.8 Å². The van der Waals surface area contributed by atoms with E-state index in [0.29, 0.717) is 6.61 Å². The van der Waals surface area contributed by atoms with Crippen molar-refractivity contribution in [1.82, 2.24) is 0 Å². The van der Waals surface area contributed by atoms with Crippen LogP contribution in [-0.4, -0.2) is 31.4 Å². The van der Waals surface area contributed by atoms with E-state index >= 15 is 0 Å². The van der Waals surface area contributed by atoms with Crippen LogP contribution >= 0.6 is 0 Å². The molecule has 0 aliphatic carbocycles. The lowest BCUT2D eigenvalue weighted by molar-refractivity contribution is -0.168. The first-order valence-electron chi connectivity index (χ1n) is 4.77. The van der Waals surface area contributed by atoms with Crippen molar-refractivity contribution in [3.8, 4) is 0 Å². The van der Waals surface area contributed by atoms with Gasteiger partial charge in [-0.3, -0.25) is 0 Å². The third kappa shape index (κ3) is 7.69. The summed E-state index contributed by atoms with van der Waals surface area (Å²) in [6.45, 7) is 5.79. The molecule has 0 aliphatic heterocycles. The van der Waals surface area contributed by atoms with Crippen LogP contribution in [0.1, 0.15) is 20.8 Å². The lowest BCUT2D eigenvalue weighted by Crippen LogP contribution is -2.16. The van der Waals surface area contributed by atoms with Crippen LogP contribution in [0.5, 0.6) is 0 Å². The molecule has 0 saturated carbocycles. The van der Waals surface area contributed by atoms with Gasteiger partial charge < -0.3 is 14.2 Å². The van der Waals surface area contributed by atoms with Crippen molar-refractivity contribution >= 4 is 11.9 Å². The molecule has 86 valence electrons. The molecule has 5 heteroatoms. The highest BCUT2D eigenvalue weighted by Crippen LogP contribution is 1.95. The first-order valence-corrected chi connectivity index (χ1v) is 4.77. The van der Waals surface area contributed by atoms with Gasteiger partial charge in [-0.25, -0.2) is 9.59 Å². The van der Waals surface area contributed by atoms with Gasteiger partial charge >= 0.3 is 11.9 Å². The van der Waals surface area contributed by atoms with Crippen LogP contribution in [0, 0.1) is 0 Å². The van der Waals surface area contributed by atoms with E-state index in [9.17, 15) is 9.59 Å². The van der Waals surface area contributed by atoms with E-state index < -0.39 is 18.2 Å². The summed E-state index contributed by atoms with van der Waals surface area (Å²) in [6, 6.07) is 0. The van der Waals surface area contributed by atoms with E-state index in [-0.39, 0.29) is 6.61 Å². The lowest BCUT2D eigenvalue weighted by Gasteiger charge is -2.10. The minimum atomic E-state index is -0.635. The molecule has 0 radical (unpaired) electrons. The van der Waals surface area contributed by atoms with Crippen LogP contribution in [0.3, 0.4) is 0 Å². The molecule has 0 heterocycles. The van der Waals surface area contributed by atoms with Gasteiger partial charge in [-0.15, -0.1) is 0 Å². The summed E-state index contributed by atoms with van der Waals surface area (Å²) < 4.78 is 14.3. The van der Waals surface area contributed by atoms with Crippen molar-refractivity contribution in [1.29, 1.82) is 0 Å². The zero-order valence-corrected chi connectivity index (χ0v) is 9.19. The molecule has 0 amide bonds. The van der Waals surface area contributed by atoms with Crippen molar-refractivity contribution in [2.24, 2.45) is 0 Å². The fourth-order valence-corrected chi connectivity index (χ4v) is 0.798. The van der Waals surface area contributed by atoms with E-state index in [1.165, 1.54) is 0 Å². The monoisotopic (exact) mass is 216 g/mol. The van der Waals surface area contributed by atoms with Crippen molar-refractivity contribution in [3.63, 3.8) is 0 Å². The molecule has 0 bridgehead atoms. The van der Waals surface area contributed by atoms with Gasteiger partial charge in [0.2, 0.25) is 0 Å². The number of carbonyl (C=O) groups is 2. The summed E-state index contributed by atoms with van der Waals surface area (Å²) in [5.74, 6) is -1.21. The summed E-state index contributed by atoms with van der Waals surface area (Å²) in [5.41, 5.74) is 0. The van der Waals surface area contributed by atoms with Crippen LogP contribution < -0.4 is 0 Å². The largest absolute Gasteiger partial charge is 0.463 e. The van der Waals surface area contributed by atoms with Crippen molar-refractivity contribution in [3.05, 3.63) is 12.2 Å². The topological polar surface area (TPSA) is 61.8 Å². The molecular formula is C10H16O5. The highest BCUT2D eigenvalue weighted by atomic mass is 16.7. The molecular weight excluding hydrogens is 200 g/mol. The Morgan fingerprint density at radius 3 is 2.27 bits per heavy atom.